The molecule has 0 unspecified atom stereocenters. The lowest BCUT2D eigenvalue weighted by atomic mass is 9.91. The summed E-state index contributed by atoms with van der Waals surface area (Å²) in [4.78, 5) is 7.53. The Hall–Kier alpha value is -2.07. The van der Waals surface area contributed by atoms with Crippen LogP contribution >= 0.6 is 11.6 Å². The molecule has 0 spiro atoms. The van der Waals surface area contributed by atoms with E-state index in [0.717, 1.165) is 52.1 Å². The maximum atomic E-state index is 6.10. The molecule has 1 aliphatic rings. The van der Waals surface area contributed by atoms with Gasteiger partial charge in [-0.2, -0.15) is 9.61 Å². The smallest absolute Gasteiger partial charge is 0.165 e. The van der Waals surface area contributed by atoms with Crippen LogP contribution in [0.25, 0.3) is 16.8 Å². The number of fused-ring (bicyclic) bond motifs is 1. The van der Waals surface area contributed by atoms with Gasteiger partial charge in [-0.15, -0.1) is 0 Å². The van der Waals surface area contributed by atoms with Gasteiger partial charge in [-0.1, -0.05) is 44.5 Å². The Morgan fingerprint density at radius 1 is 1.00 bits per heavy atom. The van der Waals surface area contributed by atoms with Crippen LogP contribution < -0.4 is 4.90 Å². The van der Waals surface area contributed by atoms with Crippen LogP contribution in [0.5, 0.6) is 0 Å². The lowest BCUT2D eigenvalue weighted by Crippen LogP contribution is -2.32. The molecule has 142 valence electrons. The zero-order valence-electron chi connectivity index (χ0n) is 16.6. The fourth-order valence-corrected chi connectivity index (χ4v) is 3.92. The number of aromatic nitrogens is 3. The van der Waals surface area contributed by atoms with Crippen LogP contribution in [-0.2, 0) is 5.41 Å². The number of rotatable bonds is 2. The van der Waals surface area contributed by atoms with Crippen molar-refractivity contribution in [2.75, 3.05) is 18.0 Å². The topological polar surface area (TPSA) is 33.4 Å². The lowest BCUT2D eigenvalue weighted by Gasteiger charge is -2.30. The molecule has 1 aromatic carbocycles. The molecule has 1 fully saturated rings. The average molecular weight is 383 g/mol. The quantitative estimate of drug-likeness (QED) is 0.574. The van der Waals surface area contributed by atoms with E-state index in [0.29, 0.717) is 0 Å². The Morgan fingerprint density at radius 2 is 1.67 bits per heavy atom. The molecular weight excluding hydrogens is 356 g/mol. The van der Waals surface area contributed by atoms with Crippen molar-refractivity contribution in [3.63, 3.8) is 0 Å². The van der Waals surface area contributed by atoms with Gasteiger partial charge in [-0.25, -0.2) is 4.98 Å². The van der Waals surface area contributed by atoms with Crippen molar-refractivity contribution in [1.82, 2.24) is 14.6 Å². The second-order valence-corrected chi connectivity index (χ2v) is 8.94. The van der Waals surface area contributed by atoms with E-state index in [1.807, 2.05) is 16.6 Å². The van der Waals surface area contributed by atoms with Crippen molar-refractivity contribution in [3.05, 3.63) is 46.7 Å². The van der Waals surface area contributed by atoms with Gasteiger partial charge in [0.25, 0.3) is 0 Å². The Bertz CT molecular complexity index is 961. The fourth-order valence-electron chi connectivity index (χ4n) is 3.79. The molecule has 27 heavy (non-hydrogen) atoms. The summed E-state index contributed by atoms with van der Waals surface area (Å²) in [5.41, 5.74) is 5.20. The van der Waals surface area contributed by atoms with Crippen molar-refractivity contribution in [3.8, 4) is 11.1 Å². The summed E-state index contributed by atoms with van der Waals surface area (Å²) in [7, 11) is 0. The molecule has 1 aliphatic heterocycles. The Kier molecular flexibility index (Phi) is 4.63. The highest BCUT2D eigenvalue weighted by Crippen LogP contribution is 2.34. The van der Waals surface area contributed by atoms with Gasteiger partial charge in [-0.05, 0) is 43.9 Å². The summed E-state index contributed by atoms with van der Waals surface area (Å²) in [6.07, 6.45) is 3.78. The van der Waals surface area contributed by atoms with E-state index in [2.05, 4.69) is 50.8 Å². The number of nitrogens with zero attached hydrogens (tertiary/aromatic N) is 4. The highest BCUT2D eigenvalue weighted by atomic mass is 35.5. The molecule has 2 aromatic heterocycles. The second-order valence-electron chi connectivity index (χ2n) is 8.50. The summed E-state index contributed by atoms with van der Waals surface area (Å²) in [6, 6.07) is 10.2. The number of hydrogen-bond acceptors (Lipinski definition) is 3. The van der Waals surface area contributed by atoms with Crippen molar-refractivity contribution in [2.45, 2.75) is 52.4 Å². The lowest BCUT2D eigenvalue weighted by molar-refractivity contribution is 0.553. The Balaban J connectivity index is 1.97. The third-order valence-electron chi connectivity index (χ3n) is 5.33. The van der Waals surface area contributed by atoms with Gasteiger partial charge < -0.3 is 4.90 Å². The number of benzene rings is 1. The number of anilines is 1. The van der Waals surface area contributed by atoms with E-state index < -0.39 is 0 Å². The molecule has 4 nitrogen and oxygen atoms in total. The minimum atomic E-state index is -0.0261. The summed E-state index contributed by atoms with van der Waals surface area (Å²) in [5, 5.41) is 5.63. The first-order chi connectivity index (χ1) is 12.8. The molecule has 0 amide bonds. The fraction of sp³-hybridized carbons (Fsp3) is 0.455. The predicted octanol–water partition coefficient (Wildman–Crippen LogP) is 5.65. The maximum Gasteiger partial charge on any atom is 0.165 e. The average Bonchev–Trinajstić information content (AvgIpc) is 2.97. The number of aryl methyl sites for hydroxylation is 1. The SMILES string of the molecule is Cc1nn2c(N3CCCCC3)cc(C(C)(C)C)nc2c1-c1ccc(Cl)cc1. The molecule has 3 aromatic rings. The van der Waals surface area contributed by atoms with E-state index in [1.54, 1.807) is 0 Å². The van der Waals surface area contributed by atoms with E-state index in [1.165, 1.54) is 19.3 Å². The van der Waals surface area contributed by atoms with Gasteiger partial charge in [0.05, 0.1) is 11.4 Å². The molecule has 1 saturated heterocycles. The first-order valence-electron chi connectivity index (χ1n) is 9.76. The molecule has 5 heteroatoms. The second kappa shape index (κ2) is 6.83. The van der Waals surface area contributed by atoms with Crippen LogP contribution in [0.15, 0.2) is 30.3 Å². The number of piperidine rings is 1. The molecule has 0 bridgehead atoms. The standard InChI is InChI=1S/C22H27ClN4/c1-15-20(16-8-10-17(23)11-9-16)21-24-18(22(2,3)4)14-19(27(21)25-15)26-12-6-5-7-13-26/h8-11,14H,5-7,12-13H2,1-4H3. The van der Waals surface area contributed by atoms with Gasteiger partial charge in [0.15, 0.2) is 5.65 Å². The van der Waals surface area contributed by atoms with Crippen molar-refractivity contribution in [1.29, 1.82) is 0 Å². The van der Waals surface area contributed by atoms with Crippen LogP contribution in [0.4, 0.5) is 5.82 Å². The summed E-state index contributed by atoms with van der Waals surface area (Å²) in [5.74, 6) is 1.16. The predicted molar refractivity (Wildman–Crippen MR) is 113 cm³/mol. The molecular formula is C22H27ClN4. The van der Waals surface area contributed by atoms with Crippen LogP contribution in [0, 0.1) is 6.92 Å². The molecule has 0 aliphatic carbocycles. The van der Waals surface area contributed by atoms with Gasteiger partial charge in [-0.3, -0.25) is 0 Å². The molecule has 3 heterocycles. The summed E-state index contributed by atoms with van der Waals surface area (Å²) >= 11 is 6.10. The minimum Gasteiger partial charge on any atom is -0.356 e. The Labute approximate surface area is 166 Å². The molecule has 0 radical (unpaired) electrons. The first kappa shape index (κ1) is 18.3. The normalized spacial score (nSPS) is 15.5. The van der Waals surface area contributed by atoms with Gasteiger partial charge >= 0.3 is 0 Å². The van der Waals surface area contributed by atoms with E-state index in [-0.39, 0.29) is 5.41 Å². The van der Waals surface area contributed by atoms with E-state index in [9.17, 15) is 0 Å². The van der Waals surface area contributed by atoms with Crippen LogP contribution in [0.1, 0.15) is 51.4 Å². The Morgan fingerprint density at radius 3 is 2.30 bits per heavy atom. The van der Waals surface area contributed by atoms with Gasteiger partial charge in [0.2, 0.25) is 0 Å². The zero-order chi connectivity index (χ0) is 19.2. The first-order valence-corrected chi connectivity index (χ1v) is 10.1. The molecule has 0 saturated carbocycles. The maximum absolute atomic E-state index is 6.10. The van der Waals surface area contributed by atoms with Gasteiger partial charge in [0.1, 0.15) is 5.82 Å². The molecule has 0 atom stereocenters. The molecule has 0 N–H and O–H groups in total. The van der Waals surface area contributed by atoms with Crippen LogP contribution in [-0.4, -0.2) is 27.7 Å². The third-order valence-corrected chi connectivity index (χ3v) is 5.58. The van der Waals surface area contributed by atoms with Crippen molar-refractivity contribution in [2.24, 2.45) is 0 Å². The summed E-state index contributed by atoms with van der Waals surface area (Å²) < 4.78 is 2.04. The summed E-state index contributed by atoms with van der Waals surface area (Å²) in [6.45, 7) is 10.9. The number of hydrogen-bond donors (Lipinski definition) is 0. The number of halogens is 1. The zero-order valence-corrected chi connectivity index (χ0v) is 17.3. The highest BCUT2D eigenvalue weighted by Gasteiger charge is 2.24. The largest absolute Gasteiger partial charge is 0.356 e. The van der Waals surface area contributed by atoms with E-state index in [4.69, 9.17) is 21.7 Å². The van der Waals surface area contributed by atoms with Gasteiger partial charge in [0, 0.05) is 35.2 Å². The van der Waals surface area contributed by atoms with Crippen molar-refractivity contribution < 1.29 is 0 Å². The van der Waals surface area contributed by atoms with Crippen molar-refractivity contribution >= 4 is 23.1 Å². The highest BCUT2D eigenvalue weighted by molar-refractivity contribution is 6.30. The minimum absolute atomic E-state index is 0.0261. The van der Waals surface area contributed by atoms with Crippen LogP contribution in [0.3, 0.4) is 0 Å². The van der Waals surface area contributed by atoms with Crippen LogP contribution in [0.2, 0.25) is 5.02 Å². The van der Waals surface area contributed by atoms with E-state index >= 15 is 0 Å². The third kappa shape index (κ3) is 3.43. The monoisotopic (exact) mass is 382 g/mol. The molecule has 4 rings (SSSR count).